The molecular weight excluding hydrogens is 414 g/mol. The van der Waals surface area contributed by atoms with E-state index >= 15 is 0 Å². The van der Waals surface area contributed by atoms with Crippen molar-refractivity contribution in [3.63, 3.8) is 0 Å². The molecule has 0 aliphatic rings. The van der Waals surface area contributed by atoms with E-state index in [9.17, 15) is 4.79 Å². The molecule has 1 atom stereocenters. The van der Waals surface area contributed by atoms with Gasteiger partial charge in [-0.25, -0.2) is 4.98 Å². The second kappa shape index (κ2) is 8.81. The molecule has 0 saturated heterocycles. The Balaban J connectivity index is 0.00000225. The van der Waals surface area contributed by atoms with Crippen LogP contribution in [0.4, 0.5) is 0 Å². The number of pyridine rings is 1. The normalized spacial score (nSPS) is 11.5. The zero-order valence-electron chi connectivity index (χ0n) is 15.4. The highest BCUT2D eigenvalue weighted by Crippen LogP contribution is 2.31. The van der Waals surface area contributed by atoms with Gasteiger partial charge in [0.15, 0.2) is 12.0 Å². The number of fused-ring (bicyclic) bond motifs is 1. The molecule has 0 fully saturated rings. The van der Waals surface area contributed by atoms with E-state index in [2.05, 4.69) is 17.1 Å². The Morgan fingerprint density at radius 3 is 2.25 bits per heavy atom. The molecule has 0 radical (unpaired) electrons. The zero-order chi connectivity index (χ0) is 18.6. The molecule has 1 N–H and O–H groups in total. The lowest BCUT2D eigenvalue weighted by Crippen LogP contribution is -3.00. The number of Topliss-reactive ketones (excluding diaryl/α,β-unsaturated/α-hetero) is 1. The number of H-pyrrole nitrogens is 1. The smallest absolute Gasteiger partial charge is 0.202 e. The van der Waals surface area contributed by atoms with Crippen LogP contribution in [-0.4, -0.2) is 12.9 Å². The second-order valence-corrected chi connectivity index (χ2v) is 6.42. The third-order valence-electron chi connectivity index (χ3n) is 4.81. The van der Waals surface area contributed by atoms with Crippen molar-refractivity contribution in [2.24, 2.45) is 0 Å². The first-order valence-electron chi connectivity index (χ1n) is 8.90. The van der Waals surface area contributed by atoms with Crippen molar-refractivity contribution in [3.8, 4) is 5.75 Å². The van der Waals surface area contributed by atoms with Crippen molar-refractivity contribution < 1.29 is 31.5 Å². The number of carbonyl (C=O) groups excluding carboxylic acids is 1. The lowest BCUT2D eigenvalue weighted by molar-refractivity contribution is -0.388. The number of carbonyl (C=O) groups is 1. The Morgan fingerprint density at radius 1 is 0.857 bits per heavy atom. The van der Waals surface area contributed by atoms with Gasteiger partial charge in [-0.1, -0.05) is 48.5 Å². The number of rotatable bonds is 5. The van der Waals surface area contributed by atoms with Gasteiger partial charge in [0.1, 0.15) is 11.7 Å². The molecule has 1 unspecified atom stereocenters. The van der Waals surface area contributed by atoms with Crippen molar-refractivity contribution in [2.75, 3.05) is 7.11 Å². The summed E-state index contributed by atoms with van der Waals surface area (Å²) in [7, 11) is 1.62. The van der Waals surface area contributed by atoms with Gasteiger partial charge in [-0.3, -0.25) is 4.79 Å². The lowest BCUT2D eigenvalue weighted by atomic mass is 9.85. The highest BCUT2D eigenvalue weighted by molar-refractivity contribution is 6.04. The van der Waals surface area contributed by atoms with E-state index in [1.54, 1.807) is 7.11 Å². The minimum atomic E-state index is -0.411. The number of aromatic nitrogens is 1. The summed E-state index contributed by atoms with van der Waals surface area (Å²) in [5.74, 6) is 0.377. The Kier molecular flexibility index (Phi) is 6.22. The van der Waals surface area contributed by atoms with Crippen LogP contribution in [0.2, 0.25) is 0 Å². The molecule has 1 aromatic heterocycles. The minimum Gasteiger partial charge on any atom is -1.00 e. The summed E-state index contributed by atoms with van der Waals surface area (Å²) in [5.41, 5.74) is 2.53. The van der Waals surface area contributed by atoms with Crippen molar-refractivity contribution in [1.82, 2.24) is 0 Å². The number of halogens is 1. The number of benzene rings is 3. The van der Waals surface area contributed by atoms with Crippen LogP contribution in [0.1, 0.15) is 27.5 Å². The number of ether oxygens (including phenoxy) is 1. The van der Waals surface area contributed by atoms with Gasteiger partial charge in [-0.2, -0.15) is 0 Å². The molecule has 0 aliphatic heterocycles. The number of ketones is 1. The summed E-state index contributed by atoms with van der Waals surface area (Å²) < 4.78 is 5.22. The van der Waals surface area contributed by atoms with Gasteiger partial charge in [0, 0.05) is 11.6 Å². The molecule has 0 aliphatic carbocycles. The van der Waals surface area contributed by atoms with Gasteiger partial charge in [0.2, 0.25) is 5.69 Å². The molecule has 4 aromatic rings. The van der Waals surface area contributed by atoms with Crippen LogP contribution >= 0.6 is 0 Å². The molecule has 1 heterocycles. The molecule has 28 heavy (non-hydrogen) atoms. The van der Waals surface area contributed by atoms with E-state index in [1.165, 1.54) is 0 Å². The summed E-state index contributed by atoms with van der Waals surface area (Å²) >= 11 is 0. The monoisotopic (exact) mass is 433 g/mol. The standard InChI is InChI=1S/C24H19NO2.BrH/c1-27-20-13-11-19(12-14-20)24(26)22(18-8-3-2-4-9-18)23-21-10-6-5-7-17(21)15-16-25-23;/h2-16,22H,1H3;1H. The zero-order valence-corrected chi connectivity index (χ0v) is 17.0. The molecular formula is C24H20BrNO2. The fraction of sp³-hybridized carbons (Fsp3) is 0.0833. The highest BCUT2D eigenvalue weighted by atomic mass is 79.9. The van der Waals surface area contributed by atoms with Gasteiger partial charge in [0.05, 0.1) is 12.5 Å². The van der Waals surface area contributed by atoms with Gasteiger partial charge < -0.3 is 21.7 Å². The van der Waals surface area contributed by atoms with Crippen molar-refractivity contribution in [1.29, 1.82) is 0 Å². The SMILES string of the molecule is COc1ccc(C(=O)C(c2ccccc2)c2[nH+]ccc3ccccc23)cc1.[Br-]. The number of hydrogen-bond donors (Lipinski definition) is 0. The molecule has 0 saturated carbocycles. The first kappa shape index (κ1) is 19.8. The van der Waals surface area contributed by atoms with Crippen LogP contribution in [0, 0.1) is 0 Å². The molecule has 3 nitrogen and oxygen atoms in total. The third kappa shape index (κ3) is 3.82. The number of aromatic amines is 1. The van der Waals surface area contributed by atoms with Gasteiger partial charge in [-0.05, 0) is 41.3 Å². The fourth-order valence-corrected chi connectivity index (χ4v) is 3.44. The first-order chi connectivity index (χ1) is 13.3. The quantitative estimate of drug-likeness (QED) is 0.449. The van der Waals surface area contributed by atoms with Crippen LogP contribution in [-0.2, 0) is 0 Å². The summed E-state index contributed by atoms with van der Waals surface area (Å²) in [5, 5.41) is 2.16. The summed E-state index contributed by atoms with van der Waals surface area (Å²) in [6, 6.07) is 27.3. The van der Waals surface area contributed by atoms with Crippen molar-refractivity contribution in [3.05, 3.63) is 108 Å². The minimum absolute atomic E-state index is 0. The van der Waals surface area contributed by atoms with E-state index in [0.717, 1.165) is 27.8 Å². The van der Waals surface area contributed by atoms with E-state index < -0.39 is 5.92 Å². The predicted octanol–water partition coefficient (Wildman–Crippen LogP) is 1.68. The van der Waals surface area contributed by atoms with Crippen LogP contribution in [0.25, 0.3) is 10.8 Å². The largest absolute Gasteiger partial charge is 1.00 e. The molecule has 0 amide bonds. The number of nitrogens with one attached hydrogen (secondary N) is 1. The van der Waals surface area contributed by atoms with E-state index in [0.29, 0.717) is 5.56 Å². The van der Waals surface area contributed by atoms with E-state index in [-0.39, 0.29) is 22.8 Å². The Labute approximate surface area is 174 Å². The molecule has 0 bridgehead atoms. The molecule has 3 aromatic carbocycles. The first-order valence-corrected chi connectivity index (χ1v) is 8.90. The summed E-state index contributed by atoms with van der Waals surface area (Å²) in [6.45, 7) is 0. The Bertz CT molecular complexity index is 1070. The second-order valence-electron chi connectivity index (χ2n) is 6.42. The van der Waals surface area contributed by atoms with Crippen LogP contribution < -0.4 is 26.7 Å². The van der Waals surface area contributed by atoms with Crippen molar-refractivity contribution >= 4 is 16.6 Å². The maximum atomic E-state index is 13.5. The number of methoxy groups -OCH3 is 1. The molecule has 4 heteroatoms. The average molecular weight is 434 g/mol. The summed E-state index contributed by atoms with van der Waals surface area (Å²) in [4.78, 5) is 16.9. The molecule has 4 rings (SSSR count). The third-order valence-corrected chi connectivity index (χ3v) is 4.81. The molecule has 140 valence electrons. The highest BCUT2D eigenvalue weighted by Gasteiger charge is 2.30. The lowest BCUT2D eigenvalue weighted by Gasteiger charge is -2.15. The maximum Gasteiger partial charge on any atom is 0.202 e. The Morgan fingerprint density at radius 2 is 1.54 bits per heavy atom. The maximum absolute atomic E-state index is 13.5. The van der Waals surface area contributed by atoms with E-state index in [4.69, 9.17) is 4.74 Å². The van der Waals surface area contributed by atoms with Gasteiger partial charge in [0.25, 0.3) is 0 Å². The van der Waals surface area contributed by atoms with E-state index in [1.807, 2.05) is 79.0 Å². The van der Waals surface area contributed by atoms with Crippen LogP contribution in [0.5, 0.6) is 5.75 Å². The topological polar surface area (TPSA) is 40.4 Å². The van der Waals surface area contributed by atoms with Crippen LogP contribution in [0.3, 0.4) is 0 Å². The molecule has 0 spiro atoms. The fourth-order valence-electron chi connectivity index (χ4n) is 3.44. The van der Waals surface area contributed by atoms with Crippen molar-refractivity contribution in [2.45, 2.75) is 5.92 Å². The van der Waals surface area contributed by atoms with Gasteiger partial charge in [-0.15, -0.1) is 0 Å². The Hall–Kier alpha value is -2.98. The van der Waals surface area contributed by atoms with Crippen LogP contribution in [0.15, 0.2) is 91.1 Å². The summed E-state index contributed by atoms with van der Waals surface area (Å²) in [6.07, 6.45) is 1.90. The predicted molar refractivity (Wildman–Crippen MR) is 106 cm³/mol. The van der Waals surface area contributed by atoms with Gasteiger partial charge >= 0.3 is 0 Å². The number of hydrogen-bond acceptors (Lipinski definition) is 2. The average Bonchev–Trinajstić information content (AvgIpc) is 2.75.